The van der Waals surface area contributed by atoms with Crippen molar-refractivity contribution in [2.75, 3.05) is 38.1 Å². The van der Waals surface area contributed by atoms with Crippen molar-refractivity contribution in [1.29, 1.82) is 0 Å². The zero-order valence-corrected chi connectivity index (χ0v) is 18.1. The zero-order valence-electron chi connectivity index (χ0n) is 18.1. The van der Waals surface area contributed by atoms with Crippen molar-refractivity contribution in [3.63, 3.8) is 0 Å². The molecule has 1 heterocycles. The molecule has 0 fully saturated rings. The molecule has 2 N–H and O–H groups in total. The van der Waals surface area contributed by atoms with Crippen molar-refractivity contribution in [3.05, 3.63) is 65.5 Å². The van der Waals surface area contributed by atoms with E-state index in [9.17, 15) is 14.0 Å². The first kappa shape index (κ1) is 22.6. The van der Waals surface area contributed by atoms with E-state index < -0.39 is 0 Å². The molecule has 0 radical (unpaired) electrons. The number of fused-ring (bicyclic) bond motifs is 1. The predicted molar refractivity (Wildman–Crippen MR) is 120 cm³/mol. The fraction of sp³-hybridized carbons (Fsp3) is 0.417. The molecule has 0 aliphatic carbocycles. The Hall–Kier alpha value is -3.09. The monoisotopic (exact) mass is 426 g/mol. The summed E-state index contributed by atoms with van der Waals surface area (Å²) in [5.41, 5.74) is 3.10. The van der Waals surface area contributed by atoms with E-state index in [-0.39, 0.29) is 17.8 Å². The third-order valence-corrected chi connectivity index (χ3v) is 5.56. The van der Waals surface area contributed by atoms with Crippen LogP contribution in [0.5, 0.6) is 0 Å². The molecule has 0 aromatic heterocycles. The van der Waals surface area contributed by atoms with Crippen LogP contribution in [0.15, 0.2) is 48.5 Å². The van der Waals surface area contributed by atoms with E-state index in [2.05, 4.69) is 22.8 Å². The number of hydrogen-bond acceptors (Lipinski definition) is 3. The van der Waals surface area contributed by atoms with E-state index in [0.29, 0.717) is 51.1 Å². The van der Waals surface area contributed by atoms with Gasteiger partial charge in [-0.2, -0.15) is 0 Å². The first-order valence-corrected chi connectivity index (χ1v) is 10.9. The van der Waals surface area contributed by atoms with Crippen molar-refractivity contribution in [2.45, 2.75) is 32.2 Å². The van der Waals surface area contributed by atoms with Gasteiger partial charge >= 0.3 is 6.03 Å². The van der Waals surface area contributed by atoms with Crippen LogP contribution in [0.1, 0.15) is 30.4 Å². The van der Waals surface area contributed by atoms with Gasteiger partial charge in [-0.25, -0.2) is 9.18 Å². The van der Waals surface area contributed by atoms with Crippen LogP contribution < -0.4 is 15.5 Å². The van der Waals surface area contributed by atoms with Gasteiger partial charge in [-0.05, 0) is 42.5 Å². The van der Waals surface area contributed by atoms with Crippen LogP contribution in [0.4, 0.5) is 14.9 Å². The number of nitrogens with one attached hydrogen (secondary N) is 2. The molecule has 3 amide bonds. The molecule has 3 rings (SSSR count). The SMILES string of the molecule is CN(CCCNC(=O)NCCCC(=O)N1CCc2ccccc2C1)c1ccccc1F. The Morgan fingerprint density at radius 3 is 2.45 bits per heavy atom. The number of carbonyl (C=O) groups is 2. The molecule has 2 aromatic rings. The number of benzene rings is 2. The fourth-order valence-corrected chi connectivity index (χ4v) is 3.77. The highest BCUT2D eigenvalue weighted by Crippen LogP contribution is 2.19. The Bertz CT molecular complexity index is 889. The molecular weight excluding hydrogens is 395 g/mol. The summed E-state index contributed by atoms with van der Waals surface area (Å²) < 4.78 is 13.7. The molecule has 0 atom stereocenters. The van der Waals surface area contributed by atoms with Gasteiger partial charge in [0.15, 0.2) is 0 Å². The maximum atomic E-state index is 13.7. The number of amides is 3. The van der Waals surface area contributed by atoms with Gasteiger partial charge in [0.2, 0.25) is 5.91 Å². The first-order chi connectivity index (χ1) is 15.0. The van der Waals surface area contributed by atoms with E-state index >= 15 is 0 Å². The zero-order chi connectivity index (χ0) is 22.1. The van der Waals surface area contributed by atoms with Crippen molar-refractivity contribution in [1.82, 2.24) is 15.5 Å². The first-order valence-electron chi connectivity index (χ1n) is 10.9. The van der Waals surface area contributed by atoms with E-state index in [1.54, 1.807) is 18.2 Å². The lowest BCUT2D eigenvalue weighted by molar-refractivity contribution is -0.132. The Morgan fingerprint density at radius 1 is 1.00 bits per heavy atom. The summed E-state index contributed by atoms with van der Waals surface area (Å²) in [5, 5.41) is 5.59. The van der Waals surface area contributed by atoms with Gasteiger partial charge in [-0.3, -0.25) is 4.79 Å². The van der Waals surface area contributed by atoms with Crippen molar-refractivity contribution in [3.8, 4) is 0 Å². The lowest BCUT2D eigenvalue weighted by Crippen LogP contribution is -2.38. The van der Waals surface area contributed by atoms with Gasteiger partial charge in [0, 0.05) is 46.2 Å². The van der Waals surface area contributed by atoms with Gasteiger partial charge in [0.1, 0.15) is 5.82 Å². The van der Waals surface area contributed by atoms with Gasteiger partial charge in [0.05, 0.1) is 5.69 Å². The summed E-state index contributed by atoms with van der Waals surface area (Å²) in [6.07, 6.45) is 2.64. The lowest BCUT2D eigenvalue weighted by Gasteiger charge is -2.29. The van der Waals surface area contributed by atoms with E-state index in [4.69, 9.17) is 0 Å². The van der Waals surface area contributed by atoms with Crippen molar-refractivity contribution >= 4 is 17.6 Å². The van der Waals surface area contributed by atoms with E-state index in [1.807, 2.05) is 29.0 Å². The van der Waals surface area contributed by atoms with Crippen molar-refractivity contribution in [2.24, 2.45) is 0 Å². The third kappa shape index (κ3) is 6.70. The van der Waals surface area contributed by atoms with Crippen LogP contribution in [0, 0.1) is 5.82 Å². The summed E-state index contributed by atoms with van der Waals surface area (Å²) in [6, 6.07) is 14.6. The summed E-state index contributed by atoms with van der Waals surface area (Å²) in [5.74, 6) is -0.119. The number of anilines is 1. The number of nitrogens with zero attached hydrogens (tertiary/aromatic N) is 2. The summed E-state index contributed by atoms with van der Waals surface area (Å²) in [6.45, 7) is 3.01. The number of hydrogen-bond donors (Lipinski definition) is 2. The Morgan fingerprint density at radius 2 is 1.68 bits per heavy atom. The number of halogens is 1. The maximum Gasteiger partial charge on any atom is 0.314 e. The van der Waals surface area contributed by atoms with Crippen LogP contribution in [-0.2, 0) is 17.8 Å². The second kappa shape index (κ2) is 11.3. The molecule has 31 heavy (non-hydrogen) atoms. The molecular formula is C24H31FN4O2. The lowest BCUT2D eigenvalue weighted by atomic mass is 9.99. The van der Waals surface area contributed by atoms with Gasteiger partial charge < -0.3 is 20.4 Å². The molecule has 0 spiro atoms. The molecule has 2 aromatic carbocycles. The second-order valence-corrected chi connectivity index (χ2v) is 7.85. The standard InChI is InChI=1S/C24H31FN4O2/c1-28(22-11-5-4-10-21(22)25)16-7-15-27-24(31)26-14-6-12-23(30)29-17-13-19-8-2-3-9-20(19)18-29/h2-5,8-11H,6-7,12-18H2,1H3,(H2,26,27,31). The highest BCUT2D eigenvalue weighted by Gasteiger charge is 2.19. The van der Waals surface area contributed by atoms with Gasteiger partial charge in [-0.15, -0.1) is 0 Å². The average Bonchev–Trinajstić information content (AvgIpc) is 2.79. The Kier molecular flexibility index (Phi) is 8.27. The fourth-order valence-electron chi connectivity index (χ4n) is 3.77. The summed E-state index contributed by atoms with van der Waals surface area (Å²) in [7, 11) is 1.83. The quantitative estimate of drug-likeness (QED) is 0.605. The van der Waals surface area contributed by atoms with Crippen LogP contribution >= 0.6 is 0 Å². The molecule has 0 bridgehead atoms. The summed E-state index contributed by atoms with van der Waals surface area (Å²) >= 11 is 0. The smallest absolute Gasteiger partial charge is 0.314 e. The van der Waals surface area contributed by atoms with Crippen molar-refractivity contribution < 1.29 is 14.0 Å². The topological polar surface area (TPSA) is 64.7 Å². The molecule has 7 heteroatoms. The van der Waals surface area contributed by atoms with Crippen LogP contribution in [0.2, 0.25) is 0 Å². The number of rotatable bonds is 9. The molecule has 0 saturated carbocycles. The Balaban J connectivity index is 1.25. The van der Waals surface area contributed by atoms with Crippen LogP contribution in [0.25, 0.3) is 0 Å². The van der Waals surface area contributed by atoms with E-state index in [0.717, 1.165) is 13.0 Å². The second-order valence-electron chi connectivity index (χ2n) is 7.85. The molecule has 6 nitrogen and oxygen atoms in total. The number of carbonyl (C=O) groups excluding carboxylic acids is 2. The van der Waals surface area contributed by atoms with Crippen LogP contribution in [0.3, 0.4) is 0 Å². The van der Waals surface area contributed by atoms with Crippen LogP contribution in [-0.4, -0.2) is 50.1 Å². The van der Waals surface area contributed by atoms with E-state index in [1.165, 1.54) is 17.2 Å². The minimum absolute atomic E-state index is 0.132. The highest BCUT2D eigenvalue weighted by atomic mass is 19.1. The normalized spacial score (nSPS) is 12.8. The van der Waals surface area contributed by atoms with Gasteiger partial charge in [-0.1, -0.05) is 36.4 Å². The number of urea groups is 1. The average molecular weight is 427 g/mol. The largest absolute Gasteiger partial charge is 0.372 e. The highest BCUT2D eigenvalue weighted by molar-refractivity contribution is 5.77. The molecule has 166 valence electrons. The number of para-hydroxylation sites is 1. The maximum absolute atomic E-state index is 13.7. The predicted octanol–water partition coefficient (Wildman–Crippen LogP) is 3.32. The minimum atomic E-state index is -0.251. The van der Waals surface area contributed by atoms with Gasteiger partial charge in [0.25, 0.3) is 0 Å². The summed E-state index contributed by atoms with van der Waals surface area (Å²) in [4.78, 5) is 28.1. The Labute approximate surface area is 183 Å². The minimum Gasteiger partial charge on any atom is -0.372 e. The molecule has 0 unspecified atom stereocenters. The molecule has 0 saturated heterocycles. The molecule has 1 aliphatic rings. The third-order valence-electron chi connectivity index (χ3n) is 5.56. The molecule has 1 aliphatic heterocycles.